The van der Waals surface area contributed by atoms with E-state index in [4.69, 9.17) is 5.14 Å². The van der Waals surface area contributed by atoms with E-state index in [1.165, 1.54) is 25.0 Å². The number of carbonyl (C=O) groups excluding carboxylic acids is 1. The lowest BCUT2D eigenvalue weighted by Gasteiger charge is -2.20. The lowest BCUT2D eigenvalue weighted by Crippen LogP contribution is -2.31. The number of primary sulfonamides is 1. The number of hydrogen-bond donors (Lipinski definition) is 1. The summed E-state index contributed by atoms with van der Waals surface area (Å²) in [6.07, 6.45) is 5.69. The summed E-state index contributed by atoms with van der Waals surface area (Å²) >= 11 is 0. The SMILES string of the molecule is NS(=O)(=O)c1ccc(CCC(=O)N2CCCCCC2)cc1. The van der Waals surface area contributed by atoms with Crippen molar-refractivity contribution in [3.63, 3.8) is 0 Å². The van der Waals surface area contributed by atoms with Crippen molar-refractivity contribution < 1.29 is 13.2 Å². The highest BCUT2D eigenvalue weighted by molar-refractivity contribution is 7.89. The van der Waals surface area contributed by atoms with Gasteiger partial charge in [-0.25, -0.2) is 13.6 Å². The zero-order valence-electron chi connectivity index (χ0n) is 12.1. The summed E-state index contributed by atoms with van der Waals surface area (Å²) in [6.45, 7) is 1.73. The Hall–Kier alpha value is -1.40. The van der Waals surface area contributed by atoms with E-state index in [0.29, 0.717) is 12.8 Å². The topological polar surface area (TPSA) is 80.5 Å². The molecule has 2 rings (SSSR count). The lowest BCUT2D eigenvalue weighted by atomic mass is 10.1. The van der Waals surface area contributed by atoms with Gasteiger partial charge in [-0.2, -0.15) is 0 Å². The van der Waals surface area contributed by atoms with Crippen molar-refractivity contribution in [1.29, 1.82) is 0 Å². The number of carbonyl (C=O) groups is 1. The molecule has 0 atom stereocenters. The van der Waals surface area contributed by atoms with E-state index in [1.54, 1.807) is 12.1 Å². The van der Waals surface area contributed by atoms with E-state index in [2.05, 4.69) is 0 Å². The van der Waals surface area contributed by atoms with Crippen LogP contribution < -0.4 is 5.14 Å². The molecule has 2 N–H and O–H groups in total. The highest BCUT2D eigenvalue weighted by Crippen LogP contribution is 2.13. The Labute approximate surface area is 126 Å². The van der Waals surface area contributed by atoms with Gasteiger partial charge in [-0.1, -0.05) is 25.0 Å². The average molecular weight is 310 g/mol. The van der Waals surface area contributed by atoms with Crippen LogP contribution in [0.15, 0.2) is 29.2 Å². The minimum atomic E-state index is -3.65. The van der Waals surface area contributed by atoms with Crippen LogP contribution in [0, 0.1) is 0 Å². The van der Waals surface area contributed by atoms with Gasteiger partial charge in [0.2, 0.25) is 15.9 Å². The highest BCUT2D eigenvalue weighted by Gasteiger charge is 2.15. The van der Waals surface area contributed by atoms with Crippen molar-refractivity contribution >= 4 is 15.9 Å². The van der Waals surface area contributed by atoms with Crippen molar-refractivity contribution in [2.45, 2.75) is 43.4 Å². The van der Waals surface area contributed by atoms with Crippen molar-refractivity contribution in [2.75, 3.05) is 13.1 Å². The molecule has 6 heteroatoms. The van der Waals surface area contributed by atoms with Gasteiger partial charge in [-0.15, -0.1) is 0 Å². The van der Waals surface area contributed by atoms with E-state index in [-0.39, 0.29) is 10.8 Å². The fraction of sp³-hybridized carbons (Fsp3) is 0.533. The van der Waals surface area contributed by atoms with E-state index >= 15 is 0 Å². The maximum Gasteiger partial charge on any atom is 0.238 e. The minimum Gasteiger partial charge on any atom is -0.343 e. The third kappa shape index (κ3) is 4.82. The first-order valence-electron chi connectivity index (χ1n) is 7.36. The standard InChI is InChI=1S/C15H22N2O3S/c16-21(19,20)14-8-5-13(6-9-14)7-10-15(18)17-11-3-1-2-4-12-17/h5-6,8-9H,1-4,7,10-12H2,(H2,16,19,20). The second-order valence-corrected chi connectivity index (χ2v) is 7.05. The molecular formula is C15H22N2O3S. The molecule has 5 nitrogen and oxygen atoms in total. The van der Waals surface area contributed by atoms with Crippen LogP contribution in [0.4, 0.5) is 0 Å². The first kappa shape index (κ1) is 16.0. The predicted molar refractivity (Wildman–Crippen MR) is 81.2 cm³/mol. The molecule has 1 heterocycles. The number of benzene rings is 1. The molecule has 0 bridgehead atoms. The third-order valence-corrected chi connectivity index (χ3v) is 4.77. The van der Waals surface area contributed by atoms with Crippen molar-refractivity contribution in [3.8, 4) is 0 Å². The summed E-state index contributed by atoms with van der Waals surface area (Å²) in [4.78, 5) is 14.2. The Balaban J connectivity index is 1.89. The van der Waals surface area contributed by atoms with Gasteiger partial charge < -0.3 is 4.90 Å². The molecule has 0 spiro atoms. The monoisotopic (exact) mass is 310 g/mol. The molecule has 1 aliphatic heterocycles. The van der Waals surface area contributed by atoms with Gasteiger partial charge in [-0.05, 0) is 37.0 Å². The highest BCUT2D eigenvalue weighted by atomic mass is 32.2. The molecule has 0 aromatic heterocycles. The Kier molecular flexibility index (Phi) is 5.36. The van der Waals surface area contributed by atoms with Gasteiger partial charge in [0.1, 0.15) is 0 Å². The van der Waals surface area contributed by atoms with Crippen LogP contribution in [-0.2, 0) is 21.2 Å². The number of rotatable bonds is 4. The molecule has 1 aromatic carbocycles. The van der Waals surface area contributed by atoms with Crippen LogP contribution in [0.2, 0.25) is 0 Å². The molecule has 0 unspecified atom stereocenters. The van der Waals surface area contributed by atoms with Gasteiger partial charge in [-0.3, -0.25) is 4.79 Å². The quantitative estimate of drug-likeness (QED) is 0.918. The normalized spacial score (nSPS) is 16.5. The number of amides is 1. The van der Waals surface area contributed by atoms with Crippen LogP contribution in [-0.4, -0.2) is 32.3 Å². The maximum absolute atomic E-state index is 12.2. The molecule has 1 fully saturated rings. The molecule has 1 aliphatic rings. The summed E-state index contributed by atoms with van der Waals surface area (Å²) in [5.41, 5.74) is 0.950. The van der Waals surface area contributed by atoms with E-state index < -0.39 is 10.0 Å². The van der Waals surface area contributed by atoms with Gasteiger partial charge in [0.15, 0.2) is 0 Å². The lowest BCUT2D eigenvalue weighted by molar-refractivity contribution is -0.131. The second-order valence-electron chi connectivity index (χ2n) is 5.48. The van der Waals surface area contributed by atoms with Gasteiger partial charge >= 0.3 is 0 Å². The number of aryl methyl sites for hydroxylation is 1. The van der Waals surface area contributed by atoms with Crippen molar-refractivity contribution in [1.82, 2.24) is 4.90 Å². The predicted octanol–water partition coefficient (Wildman–Crippen LogP) is 1.67. The number of nitrogens with zero attached hydrogens (tertiary/aromatic N) is 1. The van der Waals surface area contributed by atoms with Gasteiger partial charge in [0.25, 0.3) is 0 Å². The summed E-state index contributed by atoms with van der Waals surface area (Å²) in [5.74, 6) is 0.187. The molecule has 21 heavy (non-hydrogen) atoms. The zero-order chi connectivity index (χ0) is 15.3. The van der Waals surface area contributed by atoms with Gasteiger partial charge in [0, 0.05) is 19.5 Å². The van der Waals surface area contributed by atoms with Gasteiger partial charge in [0.05, 0.1) is 4.90 Å². The summed E-state index contributed by atoms with van der Waals surface area (Å²) in [5, 5.41) is 5.05. The first-order valence-corrected chi connectivity index (χ1v) is 8.91. The Morgan fingerprint density at radius 2 is 1.62 bits per heavy atom. The van der Waals surface area contributed by atoms with Crippen LogP contribution in [0.5, 0.6) is 0 Å². The van der Waals surface area contributed by atoms with Crippen LogP contribution in [0.25, 0.3) is 0 Å². The first-order chi connectivity index (χ1) is 9.97. The minimum absolute atomic E-state index is 0.102. The molecule has 116 valence electrons. The maximum atomic E-state index is 12.2. The summed E-state index contributed by atoms with van der Waals surface area (Å²) in [6, 6.07) is 6.41. The zero-order valence-corrected chi connectivity index (χ0v) is 12.9. The molecule has 1 saturated heterocycles. The average Bonchev–Trinajstić information content (AvgIpc) is 2.73. The van der Waals surface area contributed by atoms with Crippen LogP contribution in [0.3, 0.4) is 0 Å². The van der Waals surface area contributed by atoms with Crippen molar-refractivity contribution in [3.05, 3.63) is 29.8 Å². The Morgan fingerprint density at radius 3 is 2.14 bits per heavy atom. The smallest absolute Gasteiger partial charge is 0.238 e. The molecule has 1 amide bonds. The fourth-order valence-corrected chi connectivity index (χ4v) is 3.09. The van der Waals surface area contributed by atoms with Crippen LogP contribution >= 0.6 is 0 Å². The molecule has 1 aromatic rings. The second kappa shape index (κ2) is 7.04. The van der Waals surface area contributed by atoms with E-state index in [9.17, 15) is 13.2 Å². The Bertz CT molecular complexity index is 573. The molecule has 0 saturated carbocycles. The third-order valence-electron chi connectivity index (χ3n) is 3.84. The molecular weight excluding hydrogens is 288 g/mol. The van der Waals surface area contributed by atoms with E-state index in [0.717, 1.165) is 31.5 Å². The van der Waals surface area contributed by atoms with E-state index in [1.807, 2.05) is 4.90 Å². The number of likely N-dealkylation sites (tertiary alicyclic amines) is 1. The largest absolute Gasteiger partial charge is 0.343 e. The van der Waals surface area contributed by atoms with Crippen LogP contribution in [0.1, 0.15) is 37.7 Å². The summed E-state index contributed by atoms with van der Waals surface area (Å²) in [7, 11) is -3.65. The number of sulfonamides is 1. The molecule has 0 radical (unpaired) electrons. The summed E-state index contributed by atoms with van der Waals surface area (Å²) < 4.78 is 22.3. The number of nitrogens with two attached hydrogens (primary N) is 1. The number of hydrogen-bond acceptors (Lipinski definition) is 3. The molecule has 0 aliphatic carbocycles. The van der Waals surface area contributed by atoms with Crippen molar-refractivity contribution in [2.24, 2.45) is 5.14 Å². The Morgan fingerprint density at radius 1 is 1.05 bits per heavy atom. The fourth-order valence-electron chi connectivity index (χ4n) is 2.58.